The fourth-order valence-electron chi connectivity index (χ4n) is 4.69. The fourth-order valence-corrected chi connectivity index (χ4v) is 7.22. The molecule has 2 atom stereocenters. The zero-order valence-electron chi connectivity index (χ0n) is 31.5. The van der Waals surface area contributed by atoms with Crippen molar-refractivity contribution in [2.24, 2.45) is 0 Å². The summed E-state index contributed by atoms with van der Waals surface area (Å²) in [5.41, 5.74) is 1.15. The summed E-state index contributed by atoms with van der Waals surface area (Å²) in [5, 5.41) is 27.3. The molecule has 0 heterocycles. The summed E-state index contributed by atoms with van der Waals surface area (Å²) >= 11 is 0. The number of hydrogen-bond donors (Lipinski definition) is 5. The van der Waals surface area contributed by atoms with Gasteiger partial charge in [-0.1, -0.05) is 132 Å². The number of rotatable bonds is 29. The van der Waals surface area contributed by atoms with E-state index in [1.54, 1.807) is 0 Å². The van der Waals surface area contributed by atoms with Crippen LogP contribution in [0.4, 0.5) is 0 Å². The summed E-state index contributed by atoms with van der Waals surface area (Å²) in [4.78, 5) is 38.3. The van der Waals surface area contributed by atoms with E-state index in [2.05, 4.69) is 89.7 Å². The first-order valence-electron chi connectivity index (χ1n) is 18.6. The number of amides is 3. The molecule has 0 radical (unpaired) electrons. The Bertz CT molecular complexity index is 1290. The van der Waals surface area contributed by atoms with Crippen molar-refractivity contribution >= 4 is 39.3 Å². The third kappa shape index (κ3) is 25.6. The zero-order valence-corrected chi connectivity index (χ0v) is 33.1. The topological polar surface area (TPSA) is 128 Å². The molecular formula is C42H63N3O5S2. The minimum atomic E-state index is -1.08. The molecule has 0 fully saturated rings. The normalized spacial score (nSPS) is 13.6. The number of hydrogen-bond acceptors (Lipinski definition) is 7. The molecule has 0 saturated heterocycles. The Morgan fingerprint density at radius 3 is 1.88 bits per heavy atom. The second kappa shape index (κ2) is 31.2. The van der Waals surface area contributed by atoms with E-state index in [4.69, 9.17) is 5.11 Å². The van der Waals surface area contributed by atoms with Gasteiger partial charge in [-0.05, 0) is 77.2 Å². The van der Waals surface area contributed by atoms with Crippen molar-refractivity contribution in [2.45, 2.75) is 108 Å². The Morgan fingerprint density at radius 1 is 0.769 bits per heavy atom. The van der Waals surface area contributed by atoms with Crippen molar-refractivity contribution in [1.82, 2.24) is 16.0 Å². The van der Waals surface area contributed by atoms with Gasteiger partial charge >= 0.3 is 0 Å². The molecule has 52 heavy (non-hydrogen) atoms. The number of aliphatic hydroxyl groups is 2. The van der Waals surface area contributed by atoms with E-state index in [1.165, 1.54) is 21.6 Å². The van der Waals surface area contributed by atoms with Gasteiger partial charge in [0.2, 0.25) is 17.7 Å². The van der Waals surface area contributed by atoms with Gasteiger partial charge in [0, 0.05) is 36.4 Å². The molecule has 0 aliphatic rings. The minimum Gasteiger partial charge on any atom is -0.394 e. The first-order chi connectivity index (χ1) is 25.2. The first-order valence-corrected chi connectivity index (χ1v) is 20.9. The number of aryl methyl sites for hydroxylation is 1. The number of allylic oxidation sites excluding steroid dienone is 12. The van der Waals surface area contributed by atoms with Crippen molar-refractivity contribution < 1.29 is 24.6 Å². The maximum absolute atomic E-state index is 13.1. The smallest absolute Gasteiger partial charge is 0.244 e. The lowest BCUT2D eigenvalue weighted by Crippen LogP contribution is -2.57. The third-order valence-corrected chi connectivity index (χ3v) is 10.9. The molecule has 0 aromatic heterocycles. The lowest BCUT2D eigenvalue weighted by atomic mass is 10.0. The maximum Gasteiger partial charge on any atom is 0.244 e. The summed E-state index contributed by atoms with van der Waals surface area (Å²) in [6.07, 6.45) is 33.4. The average Bonchev–Trinajstić information content (AvgIpc) is 3.13. The lowest BCUT2D eigenvalue weighted by Gasteiger charge is -2.33. The molecule has 0 aliphatic heterocycles. The fraction of sp³-hybridized carbons (Fsp3) is 0.500. The van der Waals surface area contributed by atoms with Crippen molar-refractivity contribution in [3.8, 4) is 0 Å². The van der Waals surface area contributed by atoms with Crippen LogP contribution in [0, 0.1) is 0 Å². The summed E-state index contributed by atoms with van der Waals surface area (Å²) in [5.74, 6) is -0.0318. The predicted octanol–water partition coefficient (Wildman–Crippen LogP) is 7.72. The van der Waals surface area contributed by atoms with Crippen molar-refractivity contribution in [2.75, 3.05) is 25.4 Å². The van der Waals surface area contributed by atoms with Crippen LogP contribution in [-0.4, -0.2) is 70.3 Å². The Kier molecular flexibility index (Phi) is 28.1. The number of nitrogens with one attached hydrogen (secondary N) is 3. The standard InChI is InChI=1S/C42H63N3O5S2/c1-4-5-6-7-8-9-10-11-12-13-14-15-16-17-18-19-20-21-25-30-38(48)43-32-33-51-52-42(2,3)40(41(50)44-34-37(47)35-46)45-39(49)31-26-29-36-27-23-22-24-28-36/h5-6,8-9,11-12,14-15,17-18,20-24,27-28,37,40,46-47H,4,7,10,13,16,19,25-26,29-35H2,1-3H3,(H,43,48)(H,44,50)(H,45,49)/b6-5-,9-8-,12-11-,15-14-,18-17-,21-20-/t37-,40-/m1/s1. The Labute approximate surface area is 321 Å². The Balaban J connectivity index is 2.30. The highest BCUT2D eigenvalue weighted by Crippen LogP contribution is 2.38. The van der Waals surface area contributed by atoms with Crippen LogP contribution >= 0.6 is 21.6 Å². The van der Waals surface area contributed by atoms with Gasteiger partial charge in [0.15, 0.2) is 0 Å². The van der Waals surface area contributed by atoms with Crippen LogP contribution in [0.5, 0.6) is 0 Å². The molecular weight excluding hydrogens is 691 g/mol. The van der Waals surface area contributed by atoms with Crippen molar-refractivity contribution in [3.05, 3.63) is 109 Å². The molecule has 1 aromatic rings. The zero-order chi connectivity index (χ0) is 38.1. The summed E-state index contributed by atoms with van der Waals surface area (Å²) in [7, 11) is 2.98. The molecule has 8 nitrogen and oxygen atoms in total. The van der Waals surface area contributed by atoms with Gasteiger partial charge in [-0.3, -0.25) is 14.4 Å². The van der Waals surface area contributed by atoms with Crippen LogP contribution in [0.2, 0.25) is 0 Å². The van der Waals surface area contributed by atoms with Crippen molar-refractivity contribution in [1.29, 1.82) is 0 Å². The minimum absolute atomic E-state index is 0.00755. The van der Waals surface area contributed by atoms with Crippen molar-refractivity contribution in [3.63, 3.8) is 0 Å². The average molecular weight is 754 g/mol. The second-order valence-corrected chi connectivity index (χ2v) is 15.8. The molecule has 3 amide bonds. The largest absolute Gasteiger partial charge is 0.394 e. The van der Waals surface area contributed by atoms with E-state index in [-0.39, 0.29) is 24.8 Å². The van der Waals surface area contributed by atoms with Gasteiger partial charge in [-0.15, -0.1) is 0 Å². The monoisotopic (exact) mass is 753 g/mol. The van der Waals surface area contributed by atoms with Gasteiger partial charge in [-0.2, -0.15) is 0 Å². The molecule has 0 unspecified atom stereocenters. The number of carbonyl (C=O) groups is 3. The molecule has 5 N–H and O–H groups in total. The number of benzene rings is 1. The molecule has 0 saturated carbocycles. The van der Waals surface area contributed by atoms with E-state index in [1.807, 2.05) is 50.3 Å². The molecule has 288 valence electrons. The highest BCUT2D eigenvalue weighted by atomic mass is 33.1. The van der Waals surface area contributed by atoms with E-state index in [9.17, 15) is 19.5 Å². The molecule has 10 heteroatoms. The number of aliphatic hydroxyl groups excluding tert-OH is 2. The molecule has 0 bridgehead atoms. The lowest BCUT2D eigenvalue weighted by molar-refractivity contribution is -0.130. The summed E-state index contributed by atoms with van der Waals surface area (Å²) in [6.45, 7) is 5.80. The van der Waals surface area contributed by atoms with Crippen LogP contribution < -0.4 is 16.0 Å². The van der Waals surface area contributed by atoms with E-state index in [0.717, 1.165) is 50.5 Å². The predicted molar refractivity (Wildman–Crippen MR) is 222 cm³/mol. The van der Waals surface area contributed by atoms with E-state index >= 15 is 0 Å². The van der Waals surface area contributed by atoms with Gasteiger partial charge in [0.05, 0.1) is 12.7 Å². The third-order valence-electron chi connectivity index (χ3n) is 7.61. The highest BCUT2D eigenvalue weighted by molar-refractivity contribution is 8.77. The van der Waals surface area contributed by atoms with E-state index < -0.39 is 29.4 Å². The molecule has 1 rings (SSSR count). The summed E-state index contributed by atoms with van der Waals surface area (Å²) < 4.78 is -0.700. The Hall–Kier alpha value is -3.31. The number of carbonyl (C=O) groups excluding carboxylic acids is 3. The first kappa shape index (κ1) is 46.7. The van der Waals surface area contributed by atoms with Crippen LogP contribution in [0.1, 0.15) is 90.5 Å². The Morgan fingerprint density at radius 2 is 1.33 bits per heavy atom. The highest BCUT2D eigenvalue weighted by Gasteiger charge is 2.37. The second-order valence-electron chi connectivity index (χ2n) is 12.7. The maximum atomic E-state index is 13.1. The molecule has 0 spiro atoms. The van der Waals surface area contributed by atoms with Gasteiger partial charge in [0.25, 0.3) is 0 Å². The quantitative estimate of drug-likeness (QED) is 0.0322. The van der Waals surface area contributed by atoms with Crippen LogP contribution in [0.15, 0.2) is 103 Å². The van der Waals surface area contributed by atoms with Crippen LogP contribution in [0.3, 0.4) is 0 Å². The molecule has 1 aromatic carbocycles. The molecule has 0 aliphatic carbocycles. The summed E-state index contributed by atoms with van der Waals surface area (Å²) in [6, 6.07) is 9.06. The van der Waals surface area contributed by atoms with Crippen LogP contribution in [0.25, 0.3) is 0 Å². The van der Waals surface area contributed by atoms with Crippen LogP contribution in [-0.2, 0) is 20.8 Å². The SMILES string of the molecule is CC/C=C\C/C=C\C/C=C\C/C=C\C/C=C\C/C=C\CCC(=O)NCCSSC(C)(C)[C@H](NC(=O)CCCc1ccccc1)C(=O)NC[C@@H](O)CO. The van der Waals surface area contributed by atoms with Gasteiger partial charge < -0.3 is 26.2 Å². The van der Waals surface area contributed by atoms with E-state index in [0.29, 0.717) is 31.6 Å². The van der Waals surface area contributed by atoms with Gasteiger partial charge in [-0.25, -0.2) is 0 Å². The van der Waals surface area contributed by atoms with Gasteiger partial charge in [0.1, 0.15) is 6.04 Å².